The maximum absolute atomic E-state index is 11.9. The summed E-state index contributed by atoms with van der Waals surface area (Å²) in [6, 6.07) is 6.00. The first-order valence-electron chi connectivity index (χ1n) is 5.76. The molecule has 2 N–H and O–H groups in total. The second kappa shape index (κ2) is 6.03. The molecule has 1 amide bonds. The van der Waals surface area contributed by atoms with E-state index in [1.807, 2.05) is 19.1 Å². The normalized spacial score (nSPS) is 18.6. The fourth-order valence-corrected chi connectivity index (χ4v) is 2.00. The van der Waals surface area contributed by atoms with Gasteiger partial charge >= 0.3 is 0 Å². The molecule has 0 bridgehead atoms. The van der Waals surface area contributed by atoms with Crippen LogP contribution < -0.4 is 10.6 Å². The van der Waals surface area contributed by atoms with E-state index >= 15 is 0 Å². The Labute approximate surface area is 108 Å². The number of aryl methyl sites for hydroxylation is 1. The van der Waals surface area contributed by atoms with Crippen molar-refractivity contribution >= 4 is 24.0 Å². The van der Waals surface area contributed by atoms with E-state index in [4.69, 9.17) is 0 Å². The molecule has 1 atom stereocenters. The molecule has 0 aromatic heterocycles. The van der Waals surface area contributed by atoms with Crippen LogP contribution in [0.3, 0.4) is 0 Å². The molecule has 0 saturated carbocycles. The van der Waals surface area contributed by atoms with Crippen molar-refractivity contribution in [2.45, 2.75) is 20.3 Å². The van der Waals surface area contributed by atoms with Gasteiger partial charge in [-0.15, -0.1) is 12.4 Å². The molecule has 1 aliphatic rings. The number of nitrogens with one attached hydrogen (secondary N) is 2. The zero-order valence-corrected chi connectivity index (χ0v) is 11.1. The third kappa shape index (κ3) is 3.20. The second-order valence-electron chi connectivity index (χ2n) is 4.43. The van der Waals surface area contributed by atoms with E-state index in [9.17, 15) is 4.79 Å². The molecule has 3 nitrogen and oxygen atoms in total. The van der Waals surface area contributed by atoms with Crippen molar-refractivity contribution in [2.24, 2.45) is 5.92 Å². The molecular weight excluding hydrogens is 236 g/mol. The van der Waals surface area contributed by atoms with Crippen molar-refractivity contribution in [3.05, 3.63) is 29.3 Å². The maximum Gasteiger partial charge on any atom is 0.228 e. The van der Waals surface area contributed by atoms with E-state index in [2.05, 4.69) is 23.6 Å². The summed E-state index contributed by atoms with van der Waals surface area (Å²) in [7, 11) is 0. The van der Waals surface area contributed by atoms with Crippen LogP contribution in [0.4, 0.5) is 5.69 Å². The average Bonchev–Trinajstić information content (AvgIpc) is 2.78. The smallest absolute Gasteiger partial charge is 0.228 e. The van der Waals surface area contributed by atoms with Crippen LogP contribution in [0.2, 0.25) is 0 Å². The maximum atomic E-state index is 11.9. The molecule has 1 saturated heterocycles. The van der Waals surface area contributed by atoms with E-state index in [0.717, 1.165) is 30.8 Å². The number of carbonyl (C=O) groups excluding carboxylic acids is 1. The van der Waals surface area contributed by atoms with E-state index in [1.165, 1.54) is 5.56 Å². The van der Waals surface area contributed by atoms with E-state index in [0.29, 0.717) is 0 Å². The molecule has 2 rings (SSSR count). The fourth-order valence-electron chi connectivity index (χ4n) is 2.00. The van der Waals surface area contributed by atoms with Crippen LogP contribution in [0.25, 0.3) is 0 Å². The van der Waals surface area contributed by atoms with Crippen LogP contribution in [0.1, 0.15) is 17.5 Å². The van der Waals surface area contributed by atoms with Gasteiger partial charge in [0.2, 0.25) is 5.91 Å². The molecule has 4 heteroatoms. The van der Waals surface area contributed by atoms with E-state index in [-0.39, 0.29) is 24.2 Å². The summed E-state index contributed by atoms with van der Waals surface area (Å²) in [4.78, 5) is 11.9. The number of anilines is 1. The molecule has 1 heterocycles. The van der Waals surface area contributed by atoms with Crippen molar-refractivity contribution in [2.75, 3.05) is 18.4 Å². The number of amides is 1. The Morgan fingerprint density at radius 1 is 1.41 bits per heavy atom. The van der Waals surface area contributed by atoms with Crippen molar-refractivity contribution in [3.8, 4) is 0 Å². The van der Waals surface area contributed by atoms with E-state index < -0.39 is 0 Å². The number of benzene rings is 1. The lowest BCUT2D eigenvalue weighted by Crippen LogP contribution is -2.25. The number of hydrogen-bond acceptors (Lipinski definition) is 2. The lowest BCUT2D eigenvalue weighted by molar-refractivity contribution is -0.119. The highest BCUT2D eigenvalue weighted by atomic mass is 35.5. The number of carbonyl (C=O) groups is 1. The fraction of sp³-hybridized carbons (Fsp3) is 0.462. The predicted octanol–water partition coefficient (Wildman–Crippen LogP) is 2.27. The van der Waals surface area contributed by atoms with Gasteiger partial charge in [0, 0.05) is 12.2 Å². The van der Waals surface area contributed by atoms with Gasteiger partial charge in [-0.2, -0.15) is 0 Å². The van der Waals surface area contributed by atoms with E-state index in [1.54, 1.807) is 0 Å². The first-order valence-corrected chi connectivity index (χ1v) is 5.76. The highest BCUT2D eigenvalue weighted by Crippen LogP contribution is 2.19. The minimum absolute atomic E-state index is 0. The summed E-state index contributed by atoms with van der Waals surface area (Å²) in [5, 5.41) is 6.22. The Hall–Kier alpha value is -1.06. The monoisotopic (exact) mass is 254 g/mol. The Morgan fingerprint density at radius 3 is 2.82 bits per heavy atom. The zero-order valence-electron chi connectivity index (χ0n) is 10.2. The number of hydrogen-bond donors (Lipinski definition) is 2. The lowest BCUT2D eigenvalue weighted by atomic mass is 10.1. The van der Waals surface area contributed by atoms with Gasteiger partial charge in [0.15, 0.2) is 0 Å². The van der Waals surface area contributed by atoms with Crippen LogP contribution in [0.5, 0.6) is 0 Å². The number of halogens is 1. The highest BCUT2D eigenvalue weighted by Gasteiger charge is 2.22. The molecule has 0 spiro atoms. The Kier molecular flexibility index (Phi) is 4.97. The summed E-state index contributed by atoms with van der Waals surface area (Å²) < 4.78 is 0. The van der Waals surface area contributed by atoms with Crippen molar-refractivity contribution in [3.63, 3.8) is 0 Å². The molecular formula is C13H19ClN2O. The molecule has 94 valence electrons. The minimum Gasteiger partial charge on any atom is -0.326 e. The molecule has 17 heavy (non-hydrogen) atoms. The SMILES string of the molecule is Cc1cccc(NC(=O)C2CCNC2)c1C.Cl. The van der Waals surface area contributed by atoms with Crippen LogP contribution in [-0.2, 0) is 4.79 Å². The quantitative estimate of drug-likeness (QED) is 0.850. The highest BCUT2D eigenvalue weighted by molar-refractivity contribution is 5.93. The van der Waals surface area contributed by atoms with Gasteiger partial charge in [-0.05, 0) is 44.0 Å². The molecule has 1 aliphatic heterocycles. The molecule has 0 aliphatic carbocycles. The van der Waals surface area contributed by atoms with Gasteiger partial charge in [0.05, 0.1) is 5.92 Å². The van der Waals surface area contributed by atoms with Crippen molar-refractivity contribution < 1.29 is 4.79 Å². The van der Waals surface area contributed by atoms with Gasteiger partial charge in [-0.1, -0.05) is 12.1 Å². The third-order valence-electron chi connectivity index (χ3n) is 3.29. The molecule has 1 unspecified atom stereocenters. The van der Waals surface area contributed by atoms with Gasteiger partial charge in [-0.25, -0.2) is 0 Å². The molecule has 1 aromatic carbocycles. The summed E-state index contributed by atoms with van der Waals surface area (Å²) in [6.45, 7) is 5.85. The zero-order chi connectivity index (χ0) is 11.5. The van der Waals surface area contributed by atoms with Crippen LogP contribution in [-0.4, -0.2) is 19.0 Å². The second-order valence-corrected chi connectivity index (χ2v) is 4.43. The van der Waals surface area contributed by atoms with Gasteiger partial charge in [0.25, 0.3) is 0 Å². The Bertz CT molecular complexity index is 400. The summed E-state index contributed by atoms with van der Waals surface area (Å²) in [6.07, 6.45) is 0.941. The van der Waals surface area contributed by atoms with Crippen LogP contribution >= 0.6 is 12.4 Å². The van der Waals surface area contributed by atoms with Gasteiger partial charge in [0.1, 0.15) is 0 Å². The van der Waals surface area contributed by atoms with Crippen LogP contribution in [0.15, 0.2) is 18.2 Å². The standard InChI is InChI=1S/C13H18N2O.ClH/c1-9-4-3-5-12(10(9)2)15-13(16)11-6-7-14-8-11;/h3-5,11,14H,6-8H2,1-2H3,(H,15,16);1H. The van der Waals surface area contributed by atoms with Gasteiger partial charge in [-0.3, -0.25) is 4.79 Å². The van der Waals surface area contributed by atoms with Crippen LogP contribution in [0, 0.1) is 19.8 Å². The largest absolute Gasteiger partial charge is 0.326 e. The van der Waals surface area contributed by atoms with Crippen molar-refractivity contribution in [1.82, 2.24) is 5.32 Å². The summed E-state index contributed by atoms with van der Waals surface area (Å²) >= 11 is 0. The topological polar surface area (TPSA) is 41.1 Å². The lowest BCUT2D eigenvalue weighted by Gasteiger charge is -2.13. The summed E-state index contributed by atoms with van der Waals surface area (Å²) in [5.74, 6) is 0.263. The third-order valence-corrected chi connectivity index (χ3v) is 3.29. The predicted molar refractivity (Wildman–Crippen MR) is 72.8 cm³/mol. The minimum atomic E-state index is 0. The average molecular weight is 255 g/mol. The first kappa shape index (κ1) is 14.0. The molecule has 1 aromatic rings. The van der Waals surface area contributed by atoms with Gasteiger partial charge < -0.3 is 10.6 Å². The Morgan fingerprint density at radius 2 is 2.18 bits per heavy atom. The Balaban J connectivity index is 0.00000144. The molecule has 1 fully saturated rings. The molecule has 0 radical (unpaired) electrons. The van der Waals surface area contributed by atoms with Crippen molar-refractivity contribution in [1.29, 1.82) is 0 Å². The number of rotatable bonds is 2. The first-order chi connectivity index (χ1) is 7.68. The summed E-state index contributed by atoms with van der Waals surface area (Å²) in [5.41, 5.74) is 3.31.